The summed E-state index contributed by atoms with van der Waals surface area (Å²) >= 11 is 0. The lowest BCUT2D eigenvalue weighted by Gasteiger charge is -2.27. The molecule has 0 aliphatic rings. The summed E-state index contributed by atoms with van der Waals surface area (Å²) in [5.41, 5.74) is 2.47. The molecule has 0 fully saturated rings. The molecule has 1 unspecified atom stereocenters. The fourth-order valence-electron chi connectivity index (χ4n) is 2.27. The van der Waals surface area contributed by atoms with Gasteiger partial charge in [-0.1, -0.05) is 19.9 Å². The third-order valence-corrected chi connectivity index (χ3v) is 3.18. The molecule has 0 saturated heterocycles. The van der Waals surface area contributed by atoms with E-state index in [-0.39, 0.29) is 6.04 Å². The molecule has 0 saturated carbocycles. The molecule has 18 heavy (non-hydrogen) atoms. The molecule has 0 bridgehead atoms. The van der Waals surface area contributed by atoms with Crippen LogP contribution in [0.4, 0.5) is 5.69 Å². The molecule has 0 aliphatic carbocycles. The number of nitrogens with one attached hydrogen (secondary N) is 1. The Kier molecular flexibility index (Phi) is 5.48. The predicted molar refractivity (Wildman–Crippen MR) is 78.6 cm³/mol. The van der Waals surface area contributed by atoms with Gasteiger partial charge in [0.15, 0.2) is 0 Å². The maximum atomic E-state index is 5.50. The summed E-state index contributed by atoms with van der Waals surface area (Å²) in [6.07, 6.45) is 0. The summed E-state index contributed by atoms with van der Waals surface area (Å²) in [5.74, 6) is 1.59. The maximum absolute atomic E-state index is 5.50. The fraction of sp³-hybridized carbons (Fsp3) is 0.600. The van der Waals surface area contributed by atoms with Crippen molar-refractivity contribution >= 4 is 5.69 Å². The van der Waals surface area contributed by atoms with Crippen LogP contribution in [-0.2, 0) is 0 Å². The van der Waals surface area contributed by atoms with Crippen LogP contribution in [0.15, 0.2) is 18.2 Å². The maximum Gasteiger partial charge on any atom is 0.125 e. The topological polar surface area (TPSA) is 24.5 Å². The molecular formula is C15H26N2O. The van der Waals surface area contributed by atoms with Gasteiger partial charge in [0.05, 0.1) is 7.11 Å². The lowest BCUT2D eigenvalue weighted by Crippen LogP contribution is -2.25. The molecule has 1 N–H and O–H groups in total. The number of hydrogen-bond donors (Lipinski definition) is 1. The third kappa shape index (κ3) is 3.39. The number of methoxy groups -OCH3 is 1. The summed E-state index contributed by atoms with van der Waals surface area (Å²) in [4.78, 5) is 2.30. The molecule has 1 atom stereocenters. The molecule has 1 aromatic carbocycles. The molecule has 0 amide bonds. The summed E-state index contributed by atoms with van der Waals surface area (Å²) in [6, 6.07) is 6.51. The van der Waals surface area contributed by atoms with Crippen molar-refractivity contribution in [2.24, 2.45) is 5.92 Å². The number of benzene rings is 1. The average molecular weight is 250 g/mol. The molecule has 0 aromatic heterocycles. The van der Waals surface area contributed by atoms with Crippen LogP contribution in [0.3, 0.4) is 0 Å². The molecule has 102 valence electrons. The van der Waals surface area contributed by atoms with E-state index in [0.29, 0.717) is 5.92 Å². The molecule has 0 heterocycles. The van der Waals surface area contributed by atoms with Gasteiger partial charge in [-0.15, -0.1) is 0 Å². The number of nitrogens with zero attached hydrogens (tertiary/aromatic N) is 1. The van der Waals surface area contributed by atoms with Crippen LogP contribution in [0, 0.1) is 5.92 Å². The van der Waals surface area contributed by atoms with Crippen LogP contribution in [-0.4, -0.2) is 27.7 Å². The lowest BCUT2D eigenvalue weighted by molar-refractivity contribution is 0.403. The predicted octanol–water partition coefficient (Wildman–Crippen LogP) is 3.07. The van der Waals surface area contributed by atoms with Gasteiger partial charge in [-0.2, -0.15) is 0 Å². The minimum absolute atomic E-state index is 0.269. The van der Waals surface area contributed by atoms with Gasteiger partial charge in [-0.3, -0.25) is 0 Å². The highest BCUT2D eigenvalue weighted by molar-refractivity contribution is 5.60. The van der Waals surface area contributed by atoms with E-state index in [2.05, 4.69) is 50.2 Å². The standard InChI is InChI=1S/C15H26N2O/c1-11(2)10-17(5)13-8-7-9-14(18-6)15(13)12(3)16-4/h7-9,11-12,16H,10H2,1-6H3. The van der Waals surface area contributed by atoms with E-state index in [4.69, 9.17) is 4.74 Å². The fourth-order valence-corrected chi connectivity index (χ4v) is 2.27. The van der Waals surface area contributed by atoms with Gasteiger partial charge in [0, 0.05) is 30.9 Å². The Labute approximate surface area is 111 Å². The monoisotopic (exact) mass is 250 g/mol. The quantitative estimate of drug-likeness (QED) is 0.839. The summed E-state index contributed by atoms with van der Waals surface area (Å²) in [5, 5.41) is 3.30. The summed E-state index contributed by atoms with van der Waals surface area (Å²) in [7, 11) is 5.84. The first-order chi connectivity index (χ1) is 8.51. The van der Waals surface area contributed by atoms with Crippen molar-refractivity contribution in [1.82, 2.24) is 5.32 Å². The van der Waals surface area contributed by atoms with Crippen LogP contribution in [0.5, 0.6) is 5.75 Å². The van der Waals surface area contributed by atoms with Gasteiger partial charge in [0.25, 0.3) is 0 Å². The van der Waals surface area contributed by atoms with Crippen LogP contribution in [0.2, 0.25) is 0 Å². The largest absolute Gasteiger partial charge is 0.496 e. The second-order valence-corrected chi connectivity index (χ2v) is 5.18. The third-order valence-electron chi connectivity index (χ3n) is 3.18. The van der Waals surface area contributed by atoms with E-state index in [1.807, 2.05) is 13.1 Å². The average Bonchev–Trinajstić information content (AvgIpc) is 2.35. The van der Waals surface area contributed by atoms with Crippen molar-refractivity contribution in [3.8, 4) is 5.75 Å². The van der Waals surface area contributed by atoms with Gasteiger partial charge < -0.3 is 15.0 Å². The number of hydrogen-bond acceptors (Lipinski definition) is 3. The molecule has 3 heteroatoms. The SMILES string of the molecule is CNC(C)c1c(OC)cccc1N(C)CC(C)C. The van der Waals surface area contributed by atoms with E-state index >= 15 is 0 Å². The van der Waals surface area contributed by atoms with Crippen molar-refractivity contribution < 1.29 is 4.74 Å². The molecule has 0 radical (unpaired) electrons. The highest BCUT2D eigenvalue weighted by Gasteiger charge is 2.17. The molecular weight excluding hydrogens is 224 g/mol. The highest BCUT2D eigenvalue weighted by atomic mass is 16.5. The number of anilines is 1. The first kappa shape index (κ1) is 14.8. The zero-order valence-corrected chi connectivity index (χ0v) is 12.4. The summed E-state index contributed by atoms with van der Waals surface area (Å²) in [6.45, 7) is 7.66. The molecule has 3 nitrogen and oxygen atoms in total. The number of ether oxygens (including phenoxy) is 1. The van der Waals surface area contributed by atoms with E-state index < -0.39 is 0 Å². The van der Waals surface area contributed by atoms with Crippen LogP contribution in [0.25, 0.3) is 0 Å². The van der Waals surface area contributed by atoms with Crippen molar-refractivity contribution in [2.45, 2.75) is 26.8 Å². The zero-order valence-electron chi connectivity index (χ0n) is 12.4. The normalized spacial score (nSPS) is 12.6. The van der Waals surface area contributed by atoms with Gasteiger partial charge in [0.2, 0.25) is 0 Å². The second kappa shape index (κ2) is 6.64. The Morgan fingerprint density at radius 1 is 1.28 bits per heavy atom. The minimum Gasteiger partial charge on any atom is -0.496 e. The van der Waals surface area contributed by atoms with Crippen molar-refractivity contribution in [3.05, 3.63) is 23.8 Å². The molecule has 0 aliphatic heterocycles. The van der Waals surface area contributed by atoms with E-state index in [1.54, 1.807) is 7.11 Å². The van der Waals surface area contributed by atoms with Crippen LogP contribution in [0.1, 0.15) is 32.4 Å². The Bertz CT molecular complexity index is 377. The lowest BCUT2D eigenvalue weighted by atomic mass is 10.0. The van der Waals surface area contributed by atoms with Gasteiger partial charge in [-0.05, 0) is 32.0 Å². The highest BCUT2D eigenvalue weighted by Crippen LogP contribution is 2.34. The summed E-state index contributed by atoms with van der Waals surface area (Å²) < 4.78 is 5.50. The smallest absolute Gasteiger partial charge is 0.125 e. The van der Waals surface area contributed by atoms with Gasteiger partial charge in [0.1, 0.15) is 5.75 Å². The second-order valence-electron chi connectivity index (χ2n) is 5.18. The molecule has 1 rings (SSSR count). The van der Waals surface area contributed by atoms with Crippen molar-refractivity contribution in [2.75, 3.05) is 32.6 Å². The van der Waals surface area contributed by atoms with Gasteiger partial charge in [-0.25, -0.2) is 0 Å². The molecule has 0 spiro atoms. The van der Waals surface area contributed by atoms with E-state index in [9.17, 15) is 0 Å². The van der Waals surface area contributed by atoms with Crippen molar-refractivity contribution in [3.63, 3.8) is 0 Å². The van der Waals surface area contributed by atoms with Crippen molar-refractivity contribution in [1.29, 1.82) is 0 Å². The molecule has 1 aromatic rings. The number of rotatable bonds is 6. The van der Waals surface area contributed by atoms with E-state index in [1.165, 1.54) is 11.3 Å². The Morgan fingerprint density at radius 2 is 1.94 bits per heavy atom. The first-order valence-corrected chi connectivity index (χ1v) is 6.56. The first-order valence-electron chi connectivity index (χ1n) is 6.56. The Hall–Kier alpha value is -1.22. The van der Waals surface area contributed by atoms with Gasteiger partial charge >= 0.3 is 0 Å². The minimum atomic E-state index is 0.269. The van der Waals surface area contributed by atoms with E-state index in [0.717, 1.165) is 12.3 Å². The van der Waals surface area contributed by atoms with Crippen LogP contribution >= 0.6 is 0 Å². The van der Waals surface area contributed by atoms with Crippen LogP contribution < -0.4 is 15.0 Å². The Morgan fingerprint density at radius 3 is 2.44 bits per heavy atom. The zero-order chi connectivity index (χ0) is 13.7. The Balaban J connectivity index is 3.17.